The molecule has 1 aliphatic heterocycles. The van der Waals surface area contributed by atoms with Crippen molar-refractivity contribution in [2.45, 2.75) is 82.0 Å². The number of aliphatic hydroxyl groups is 3. The highest BCUT2D eigenvalue weighted by Crippen LogP contribution is 2.70. The predicted octanol–water partition coefficient (Wildman–Crippen LogP) is 2.22. The zero-order chi connectivity index (χ0) is 20.7. The topological polar surface area (TPSA) is 111 Å². The van der Waals surface area contributed by atoms with Gasteiger partial charge in [0.15, 0.2) is 0 Å². The molecule has 29 heavy (non-hydrogen) atoms. The molecule has 0 radical (unpaired) electrons. The molecule has 4 saturated carbocycles. The predicted molar refractivity (Wildman–Crippen MR) is 103 cm³/mol. The van der Waals surface area contributed by atoms with E-state index in [4.69, 9.17) is 4.74 Å². The number of carbonyl (C=O) groups excluding carboxylic acids is 1. The summed E-state index contributed by atoms with van der Waals surface area (Å²) in [5, 5.41) is 44.0. The van der Waals surface area contributed by atoms with Gasteiger partial charge in [0.1, 0.15) is 6.61 Å². The Kier molecular flexibility index (Phi) is 4.08. The maximum atomic E-state index is 12.1. The first-order valence-corrected chi connectivity index (χ1v) is 11.1. The van der Waals surface area contributed by atoms with E-state index in [0.29, 0.717) is 38.7 Å². The average molecular weight is 402 g/mol. The molecule has 158 valence electrons. The molecule has 0 spiro atoms. The van der Waals surface area contributed by atoms with Gasteiger partial charge in [-0.3, -0.25) is 0 Å². The van der Waals surface area contributed by atoms with Gasteiger partial charge >= 0.3 is 5.97 Å². The summed E-state index contributed by atoms with van der Waals surface area (Å²) >= 11 is 0. The third kappa shape index (κ3) is 2.30. The Bertz CT molecular complexity index is 819. The van der Waals surface area contributed by atoms with Crippen molar-refractivity contribution in [2.75, 3.05) is 6.61 Å². The van der Waals surface area contributed by atoms with Crippen molar-refractivity contribution in [1.82, 2.24) is 0 Å². The number of nitriles is 1. The fraction of sp³-hybridized carbons (Fsp3) is 0.826. The normalized spacial score (nSPS) is 53.9. The van der Waals surface area contributed by atoms with Crippen LogP contribution in [0.3, 0.4) is 0 Å². The summed E-state index contributed by atoms with van der Waals surface area (Å²) in [5.41, 5.74) is -2.33. The van der Waals surface area contributed by atoms with Gasteiger partial charge in [0.2, 0.25) is 0 Å². The van der Waals surface area contributed by atoms with Crippen molar-refractivity contribution in [3.05, 3.63) is 11.6 Å². The Labute approximate surface area is 171 Å². The monoisotopic (exact) mass is 401 g/mol. The minimum Gasteiger partial charge on any atom is -0.458 e. The number of hydrogen-bond acceptors (Lipinski definition) is 6. The van der Waals surface area contributed by atoms with Crippen LogP contribution in [0.5, 0.6) is 0 Å². The molecule has 0 aromatic rings. The first kappa shape index (κ1) is 19.5. The molecule has 4 fully saturated rings. The minimum absolute atomic E-state index is 0.0416. The number of ether oxygens (including phenoxy) is 1. The van der Waals surface area contributed by atoms with Gasteiger partial charge in [0.05, 0.1) is 28.8 Å². The van der Waals surface area contributed by atoms with Gasteiger partial charge in [-0.15, -0.1) is 0 Å². The standard InChI is InChI=1S/C23H31NO5/c1-20-6-3-17-18(4-8-22(27)11-15(25)2-7-21(17,22)13-24)23(20,28)9-5-16(20)14-10-19(26)29-12-14/h10,15-18,25,27-28H,2-9,11-12H2,1H3/t15-,16+,17-,18+,20+,21+,22-,23+/m1/s1. The van der Waals surface area contributed by atoms with Crippen molar-refractivity contribution in [3.63, 3.8) is 0 Å². The fourth-order valence-electron chi connectivity index (χ4n) is 8.27. The summed E-state index contributed by atoms with van der Waals surface area (Å²) in [6.45, 7) is 2.47. The Morgan fingerprint density at radius 3 is 2.55 bits per heavy atom. The number of fused-ring (bicyclic) bond motifs is 5. The number of aliphatic hydroxyl groups excluding tert-OH is 1. The van der Waals surface area contributed by atoms with Crippen LogP contribution in [0.4, 0.5) is 0 Å². The molecular weight excluding hydrogens is 370 g/mol. The Morgan fingerprint density at radius 1 is 1.10 bits per heavy atom. The van der Waals surface area contributed by atoms with Crippen LogP contribution < -0.4 is 0 Å². The first-order chi connectivity index (χ1) is 13.7. The van der Waals surface area contributed by atoms with Gasteiger partial charge in [0, 0.05) is 17.9 Å². The number of cyclic esters (lactones) is 1. The van der Waals surface area contributed by atoms with E-state index in [1.165, 1.54) is 0 Å². The van der Waals surface area contributed by atoms with Gasteiger partial charge in [-0.2, -0.15) is 5.26 Å². The SMILES string of the molecule is C[C@@]12CC[C@@H]3[C@H](CC[C@@]4(O)C[C@H](O)CC[C@]34C#N)[C@@]1(O)CC[C@H]2C1=CC(=O)OC1. The number of esters is 1. The van der Waals surface area contributed by atoms with Gasteiger partial charge in [-0.25, -0.2) is 4.79 Å². The van der Waals surface area contributed by atoms with Crippen LogP contribution >= 0.6 is 0 Å². The van der Waals surface area contributed by atoms with Crippen molar-refractivity contribution >= 4 is 5.97 Å². The average Bonchev–Trinajstić information content (AvgIpc) is 3.21. The van der Waals surface area contributed by atoms with Crippen molar-refractivity contribution in [3.8, 4) is 6.07 Å². The van der Waals surface area contributed by atoms with E-state index < -0.39 is 22.7 Å². The second kappa shape index (κ2) is 6.06. The molecule has 6 heteroatoms. The van der Waals surface area contributed by atoms with Crippen molar-refractivity contribution < 1.29 is 24.9 Å². The van der Waals surface area contributed by atoms with E-state index in [2.05, 4.69) is 13.0 Å². The molecule has 3 N–H and O–H groups in total. The summed E-state index contributed by atoms with van der Waals surface area (Å²) < 4.78 is 5.16. The quantitative estimate of drug-likeness (QED) is 0.581. The lowest BCUT2D eigenvalue weighted by Gasteiger charge is -2.64. The molecule has 1 heterocycles. The molecule has 5 rings (SSSR count). The van der Waals surface area contributed by atoms with E-state index >= 15 is 0 Å². The number of carbonyl (C=O) groups is 1. The van der Waals surface area contributed by atoms with E-state index in [1.54, 1.807) is 6.08 Å². The van der Waals surface area contributed by atoms with Crippen LogP contribution in [0, 0.1) is 39.9 Å². The van der Waals surface area contributed by atoms with Crippen LogP contribution in [-0.4, -0.2) is 45.2 Å². The van der Waals surface area contributed by atoms with Crippen LogP contribution in [-0.2, 0) is 9.53 Å². The molecule has 5 aliphatic rings. The number of hydrogen-bond donors (Lipinski definition) is 3. The van der Waals surface area contributed by atoms with E-state index in [1.807, 2.05) is 0 Å². The van der Waals surface area contributed by atoms with Crippen LogP contribution in [0.15, 0.2) is 11.6 Å². The minimum atomic E-state index is -1.17. The lowest BCUT2D eigenvalue weighted by Crippen LogP contribution is -2.67. The summed E-state index contributed by atoms with van der Waals surface area (Å²) in [6, 6.07) is 2.51. The Morgan fingerprint density at radius 2 is 1.86 bits per heavy atom. The summed E-state index contributed by atoms with van der Waals surface area (Å²) in [4.78, 5) is 11.6. The molecular formula is C23H31NO5. The molecule has 0 amide bonds. The highest BCUT2D eigenvalue weighted by molar-refractivity contribution is 5.85. The van der Waals surface area contributed by atoms with Gasteiger partial charge in [-0.05, 0) is 74.7 Å². The summed E-state index contributed by atoms with van der Waals surface area (Å²) in [7, 11) is 0. The van der Waals surface area contributed by atoms with Crippen molar-refractivity contribution in [1.29, 1.82) is 5.26 Å². The molecule has 0 aromatic heterocycles. The smallest absolute Gasteiger partial charge is 0.331 e. The highest BCUT2D eigenvalue weighted by Gasteiger charge is 2.71. The molecule has 8 atom stereocenters. The van der Waals surface area contributed by atoms with Gasteiger partial charge in [-0.1, -0.05) is 6.92 Å². The zero-order valence-corrected chi connectivity index (χ0v) is 17.1. The second-order valence-electron chi connectivity index (χ2n) is 10.6. The van der Waals surface area contributed by atoms with E-state index in [-0.39, 0.29) is 35.6 Å². The maximum Gasteiger partial charge on any atom is 0.331 e. The highest BCUT2D eigenvalue weighted by atomic mass is 16.5. The lowest BCUT2D eigenvalue weighted by molar-refractivity contribution is -0.242. The molecule has 0 saturated heterocycles. The maximum absolute atomic E-state index is 12.1. The van der Waals surface area contributed by atoms with E-state index in [9.17, 15) is 25.4 Å². The summed E-state index contributed by atoms with van der Waals surface area (Å²) in [5.74, 6) is -0.280. The number of rotatable bonds is 1. The Balaban J connectivity index is 1.52. The molecule has 0 aromatic carbocycles. The Hall–Kier alpha value is -1.42. The largest absolute Gasteiger partial charge is 0.458 e. The molecule has 4 aliphatic carbocycles. The lowest BCUT2D eigenvalue weighted by atomic mass is 9.41. The van der Waals surface area contributed by atoms with Crippen LogP contribution in [0.25, 0.3) is 0 Å². The van der Waals surface area contributed by atoms with Crippen LogP contribution in [0.1, 0.15) is 64.7 Å². The third-order valence-corrected chi connectivity index (χ3v) is 9.75. The third-order valence-electron chi connectivity index (χ3n) is 9.75. The first-order valence-electron chi connectivity index (χ1n) is 11.1. The summed E-state index contributed by atoms with van der Waals surface area (Å²) in [6.07, 6.45) is 6.48. The fourth-order valence-corrected chi connectivity index (χ4v) is 8.27. The molecule has 0 bridgehead atoms. The van der Waals surface area contributed by atoms with Gasteiger partial charge in [0.25, 0.3) is 0 Å². The van der Waals surface area contributed by atoms with Crippen molar-refractivity contribution in [2.24, 2.45) is 28.6 Å². The van der Waals surface area contributed by atoms with Crippen LogP contribution in [0.2, 0.25) is 0 Å². The second-order valence-corrected chi connectivity index (χ2v) is 10.6. The van der Waals surface area contributed by atoms with Gasteiger partial charge < -0.3 is 20.1 Å². The molecule has 6 nitrogen and oxygen atoms in total. The zero-order valence-electron chi connectivity index (χ0n) is 17.1. The number of nitrogens with zero attached hydrogens (tertiary/aromatic N) is 1. The molecule has 0 unspecified atom stereocenters. The van der Waals surface area contributed by atoms with E-state index in [0.717, 1.165) is 24.8 Å².